The summed E-state index contributed by atoms with van der Waals surface area (Å²) in [6.45, 7) is 0. The zero-order valence-corrected chi connectivity index (χ0v) is 27.6. The molecule has 0 saturated carbocycles. The molecule has 51 heavy (non-hydrogen) atoms. The Morgan fingerprint density at radius 3 is 1.31 bits per heavy atom. The van der Waals surface area contributed by atoms with Crippen LogP contribution in [0.4, 0.5) is 0 Å². The lowest BCUT2D eigenvalue weighted by Crippen LogP contribution is -1.97. The van der Waals surface area contributed by atoms with E-state index in [2.05, 4.69) is 191 Å². The highest BCUT2D eigenvalue weighted by atomic mass is 16.3. The van der Waals surface area contributed by atoms with E-state index >= 15 is 0 Å². The van der Waals surface area contributed by atoms with Crippen molar-refractivity contribution in [1.29, 1.82) is 0 Å². The van der Waals surface area contributed by atoms with E-state index in [4.69, 9.17) is 4.42 Å². The number of aromatic nitrogens is 2. The Morgan fingerprint density at radius 1 is 0.314 bits per heavy atom. The smallest absolute Gasteiger partial charge is 0.143 e. The minimum absolute atomic E-state index is 0.880. The number of benzene rings is 8. The van der Waals surface area contributed by atoms with E-state index in [0.29, 0.717) is 0 Å². The monoisotopic (exact) mass is 650 g/mol. The summed E-state index contributed by atoms with van der Waals surface area (Å²) < 4.78 is 11.6. The van der Waals surface area contributed by atoms with Gasteiger partial charge >= 0.3 is 0 Å². The molecule has 11 rings (SSSR count). The fourth-order valence-electron chi connectivity index (χ4n) is 8.35. The zero-order chi connectivity index (χ0) is 33.5. The van der Waals surface area contributed by atoms with Gasteiger partial charge in [-0.1, -0.05) is 133 Å². The Morgan fingerprint density at radius 2 is 0.745 bits per heavy atom. The predicted octanol–water partition coefficient (Wildman–Crippen LogP) is 13.1. The van der Waals surface area contributed by atoms with E-state index in [1.54, 1.807) is 0 Å². The van der Waals surface area contributed by atoms with Crippen molar-refractivity contribution in [3.8, 4) is 33.6 Å². The van der Waals surface area contributed by atoms with Gasteiger partial charge in [-0.3, -0.25) is 0 Å². The molecular weight excluding hydrogens is 621 g/mol. The number of nitrogens with zero attached hydrogens (tertiary/aromatic N) is 2. The summed E-state index contributed by atoms with van der Waals surface area (Å²) in [6.07, 6.45) is 0. The third-order valence-corrected chi connectivity index (χ3v) is 10.5. The molecule has 11 aromatic rings. The molecule has 0 atom stereocenters. The summed E-state index contributed by atoms with van der Waals surface area (Å²) >= 11 is 0. The molecule has 0 amide bonds. The molecule has 0 saturated heterocycles. The van der Waals surface area contributed by atoms with Crippen LogP contribution in [0.25, 0.3) is 99.2 Å². The topological polar surface area (TPSA) is 23.0 Å². The molecule has 8 aromatic carbocycles. The average molecular weight is 651 g/mol. The summed E-state index contributed by atoms with van der Waals surface area (Å²) in [5.41, 5.74) is 13.4. The molecule has 3 aromatic heterocycles. The van der Waals surface area contributed by atoms with Crippen LogP contribution in [-0.2, 0) is 0 Å². The predicted molar refractivity (Wildman–Crippen MR) is 213 cm³/mol. The molecule has 0 aliphatic heterocycles. The van der Waals surface area contributed by atoms with Gasteiger partial charge in [-0.15, -0.1) is 0 Å². The first-order chi connectivity index (χ1) is 25.3. The number of furan rings is 1. The summed E-state index contributed by atoms with van der Waals surface area (Å²) in [4.78, 5) is 0. The first-order valence-electron chi connectivity index (χ1n) is 17.4. The number of fused-ring (bicyclic) bond motifs is 9. The Kier molecular flexibility index (Phi) is 5.96. The van der Waals surface area contributed by atoms with Crippen LogP contribution in [0.15, 0.2) is 186 Å². The molecule has 0 fully saturated rings. The number of rotatable bonds is 4. The Labute approximate surface area is 293 Å². The Bertz CT molecular complexity index is 3050. The minimum Gasteiger partial charge on any atom is -0.455 e. The first kappa shape index (κ1) is 28.0. The maximum absolute atomic E-state index is 6.78. The van der Waals surface area contributed by atoms with Gasteiger partial charge in [0.2, 0.25) is 0 Å². The van der Waals surface area contributed by atoms with Crippen molar-refractivity contribution in [2.75, 3.05) is 0 Å². The standard InChI is InChI=1S/C48H30N2O/c1-7-22-41(49-42-23-8-2-15-33(42)34-16-3-9-24-43(34)49)32(14-1)31-28-29-47-40(30-31)39-21-13-20-38(48(39)51-47)37-19-6-12-27-46(37)50-44-25-10-4-17-35(44)36-18-5-11-26-45(36)50/h1-30H. The normalized spacial score (nSPS) is 11.9. The highest BCUT2D eigenvalue weighted by Crippen LogP contribution is 2.42. The van der Waals surface area contributed by atoms with Crippen molar-refractivity contribution >= 4 is 65.6 Å². The average Bonchev–Trinajstić information content (AvgIpc) is 3.85. The second kappa shape index (κ2) is 10.8. The van der Waals surface area contributed by atoms with Gasteiger partial charge in [-0.2, -0.15) is 0 Å². The van der Waals surface area contributed by atoms with Crippen LogP contribution in [0.5, 0.6) is 0 Å². The first-order valence-corrected chi connectivity index (χ1v) is 17.4. The van der Waals surface area contributed by atoms with E-state index in [0.717, 1.165) is 50.0 Å². The molecule has 0 N–H and O–H groups in total. The van der Waals surface area contributed by atoms with Gasteiger partial charge < -0.3 is 13.6 Å². The highest BCUT2D eigenvalue weighted by molar-refractivity contribution is 6.14. The minimum atomic E-state index is 0.880. The molecule has 0 aliphatic carbocycles. The molecule has 0 radical (unpaired) electrons. The van der Waals surface area contributed by atoms with Crippen molar-refractivity contribution in [1.82, 2.24) is 9.13 Å². The van der Waals surface area contributed by atoms with E-state index in [-0.39, 0.29) is 0 Å². The molecule has 238 valence electrons. The van der Waals surface area contributed by atoms with E-state index in [1.165, 1.54) is 49.2 Å². The fraction of sp³-hybridized carbons (Fsp3) is 0. The van der Waals surface area contributed by atoms with Crippen LogP contribution in [0.3, 0.4) is 0 Å². The van der Waals surface area contributed by atoms with Crippen LogP contribution < -0.4 is 0 Å². The number of hydrogen-bond donors (Lipinski definition) is 0. The lowest BCUT2D eigenvalue weighted by atomic mass is 9.98. The summed E-state index contributed by atoms with van der Waals surface area (Å²) in [5, 5.41) is 7.23. The van der Waals surface area contributed by atoms with Crippen LogP contribution >= 0.6 is 0 Å². The van der Waals surface area contributed by atoms with Gasteiger partial charge in [0.1, 0.15) is 11.2 Å². The van der Waals surface area contributed by atoms with Crippen LogP contribution in [0.1, 0.15) is 0 Å². The molecule has 0 bridgehead atoms. The second-order valence-electron chi connectivity index (χ2n) is 13.3. The van der Waals surface area contributed by atoms with Crippen molar-refractivity contribution in [2.24, 2.45) is 0 Å². The quantitative estimate of drug-likeness (QED) is 0.186. The third kappa shape index (κ3) is 4.06. The lowest BCUT2D eigenvalue weighted by Gasteiger charge is -2.14. The van der Waals surface area contributed by atoms with Crippen LogP contribution in [0.2, 0.25) is 0 Å². The zero-order valence-electron chi connectivity index (χ0n) is 27.6. The van der Waals surface area contributed by atoms with Crippen molar-refractivity contribution < 1.29 is 4.42 Å². The maximum Gasteiger partial charge on any atom is 0.143 e. The van der Waals surface area contributed by atoms with Crippen LogP contribution in [-0.4, -0.2) is 9.13 Å². The highest BCUT2D eigenvalue weighted by Gasteiger charge is 2.20. The lowest BCUT2D eigenvalue weighted by molar-refractivity contribution is 0.670. The van der Waals surface area contributed by atoms with Crippen molar-refractivity contribution in [3.05, 3.63) is 182 Å². The van der Waals surface area contributed by atoms with Gasteiger partial charge in [0, 0.05) is 49.0 Å². The Balaban J connectivity index is 1.11. The number of hydrogen-bond acceptors (Lipinski definition) is 1. The molecule has 3 nitrogen and oxygen atoms in total. The largest absolute Gasteiger partial charge is 0.455 e. The van der Waals surface area contributed by atoms with Gasteiger partial charge in [0.05, 0.1) is 33.4 Å². The molecular formula is C48H30N2O. The molecule has 0 spiro atoms. The van der Waals surface area contributed by atoms with Crippen molar-refractivity contribution in [3.63, 3.8) is 0 Å². The van der Waals surface area contributed by atoms with Crippen molar-refractivity contribution in [2.45, 2.75) is 0 Å². The van der Waals surface area contributed by atoms with Crippen LogP contribution in [0, 0.1) is 0 Å². The fourth-order valence-corrected chi connectivity index (χ4v) is 8.35. The third-order valence-electron chi connectivity index (χ3n) is 10.5. The van der Waals surface area contributed by atoms with Gasteiger partial charge in [0.15, 0.2) is 0 Å². The van der Waals surface area contributed by atoms with E-state index < -0.39 is 0 Å². The molecule has 0 aliphatic rings. The second-order valence-corrected chi connectivity index (χ2v) is 13.3. The SMILES string of the molecule is c1ccc(-n2c3ccccc3c3ccccc32)c(-c2ccc3oc4c(-c5ccccc5-n5c6ccccc6c6ccccc65)cccc4c3c2)c1. The van der Waals surface area contributed by atoms with Gasteiger partial charge in [0.25, 0.3) is 0 Å². The molecule has 0 unspecified atom stereocenters. The van der Waals surface area contributed by atoms with E-state index in [1.807, 2.05) is 0 Å². The van der Waals surface area contributed by atoms with Gasteiger partial charge in [-0.05, 0) is 54.1 Å². The summed E-state index contributed by atoms with van der Waals surface area (Å²) in [7, 11) is 0. The van der Waals surface area contributed by atoms with Gasteiger partial charge in [-0.25, -0.2) is 0 Å². The number of para-hydroxylation sites is 7. The summed E-state index contributed by atoms with van der Waals surface area (Å²) in [6, 6.07) is 65.3. The maximum atomic E-state index is 6.78. The molecule has 3 heterocycles. The summed E-state index contributed by atoms with van der Waals surface area (Å²) in [5.74, 6) is 0. The molecule has 3 heteroatoms. The Hall–Kier alpha value is -6.84. The van der Waals surface area contributed by atoms with E-state index in [9.17, 15) is 0 Å².